The van der Waals surface area contributed by atoms with Gasteiger partial charge in [-0.05, 0) is 25.7 Å². The van der Waals surface area contributed by atoms with Crippen LogP contribution in [0.25, 0.3) is 0 Å². The van der Waals surface area contributed by atoms with Crippen molar-refractivity contribution in [2.45, 2.75) is 65.0 Å². The average molecular weight is 227 g/mol. The molecule has 3 nitrogen and oxygen atoms in total. The van der Waals surface area contributed by atoms with E-state index < -0.39 is 0 Å². The molecule has 0 spiro atoms. The fourth-order valence-corrected chi connectivity index (χ4v) is 2.28. The summed E-state index contributed by atoms with van der Waals surface area (Å²) in [4.78, 5) is 11.8. The zero-order chi connectivity index (χ0) is 12.0. The Morgan fingerprint density at radius 2 is 2.00 bits per heavy atom. The standard InChI is InChI=1S/C13H25NO2/c1-4-10(3)12(13(15)16-5-2)14-11-8-6-7-9-11/h10-12,14H,4-9H2,1-3H3. The molecule has 0 aromatic heterocycles. The van der Waals surface area contributed by atoms with E-state index in [9.17, 15) is 4.79 Å². The van der Waals surface area contributed by atoms with Gasteiger partial charge in [-0.3, -0.25) is 4.79 Å². The van der Waals surface area contributed by atoms with Gasteiger partial charge in [0, 0.05) is 6.04 Å². The Kier molecular flexibility index (Phi) is 5.81. The highest BCUT2D eigenvalue weighted by molar-refractivity contribution is 5.76. The van der Waals surface area contributed by atoms with Crippen molar-refractivity contribution in [3.8, 4) is 0 Å². The molecule has 1 aliphatic rings. The van der Waals surface area contributed by atoms with Gasteiger partial charge in [-0.2, -0.15) is 0 Å². The molecule has 16 heavy (non-hydrogen) atoms. The Labute approximate surface area is 98.9 Å². The first-order valence-electron chi connectivity index (χ1n) is 6.61. The number of hydrogen-bond donors (Lipinski definition) is 1. The Hall–Kier alpha value is -0.570. The fraction of sp³-hybridized carbons (Fsp3) is 0.923. The van der Waals surface area contributed by atoms with E-state index in [4.69, 9.17) is 4.74 Å². The summed E-state index contributed by atoms with van der Waals surface area (Å²) in [6, 6.07) is 0.399. The summed E-state index contributed by atoms with van der Waals surface area (Å²) < 4.78 is 5.14. The Bertz CT molecular complexity index is 212. The van der Waals surface area contributed by atoms with E-state index in [1.165, 1.54) is 25.7 Å². The Balaban J connectivity index is 2.51. The van der Waals surface area contributed by atoms with Crippen molar-refractivity contribution in [2.75, 3.05) is 6.61 Å². The number of rotatable bonds is 6. The maximum Gasteiger partial charge on any atom is 0.323 e. The highest BCUT2D eigenvalue weighted by Crippen LogP contribution is 2.20. The molecule has 1 saturated carbocycles. The molecule has 0 bridgehead atoms. The summed E-state index contributed by atoms with van der Waals surface area (Å²) in [5, 5.41) is 3.48. The van der Waals surface area contributed by atoms with Crippen molar-refractivity contribution in [3.05, 3.63) is 0 Å². The van der Waals surface area contributed by atoms with E-state index in [0.29, 0.717) is 18.6 Å². The van der Waals surface area contributed by atoms with Crippen LogP contribution in [0.4, 0.5) is 0 Å². The van der Waals surface area contributed by atoms with Crippen LogP contribution in [0.2, 0.25) is 0 Å². The smallest absolute Gasteiger partial charge is 0.323 e. The molecule has 2 atom stereocenters. The first-order chi connectivity index (χ1) is 7.69. The summed E-state index contributed by atoms with van der Waals surface area (Å²) in [6.45, 7) is 6.57. The number of ether oxygens (including phenoxy) is 1. The first-order valence-corrected chi connectivity index (χ1v) is 6.61. The molecule has 0 amide bonds. The molecule has 0 aliphatic heterocycles. The monoisotopic (exact) mass is 227 g/mol. The van der Waals surface area contributed by atoms with Crippen LogP contribution in [0.1, 0.15) is 52.9 Å². The van der Waals surface area contributed by atoms with E-state index in [1.54, 1.807) is 0 Å². The topological polar surface area (TPSA) is 38.3 Å². The molecule has 1 N–H and O–H groups in total. The molecule has 94 valence electrons. The molecule has 1 fully saturated rings. The van der Waals surface area contributed by atoms with Gasteiger partial charge in [0.15, 0.2) is 0 Å². The molecule has 0 aromatic rings. The van der Waals surface area contributed by atoms with Crippen LogP contribution in [0.15, 0.2) is 0 Å². The second-order valence-corrected chi connectivity index (χ2v) is 4.76. The van der Waals surface area contributed by atoms with E-state index >= 15 is 0 Å². The molecular formula is C13H25NO2. The van der Waals surface area contributed by atoms with Gasteiger partial charge < -0.3 is 10.1 Å². The van der Waals surface area contributed by atoms with Crippen LogP contribution < -0.4 is 5.32 Å². The predicted octanol–water partition coefficient (Wildman–Crippen LogP) is 2.50. The quantitative estimate of drug-likeness (QED) is 0.708. The third-order valence-corrected chi connectivity index (χ3v) is 3.52. The van der Waals surface area contributed by atoms with Crippen LogP contribution in [0.5, 0.6) is 0 Å². The highest BCUT2D eigenvalue weighted by atomic mass is 16.5. The lowest BCUT2D eigenvalue weighted by molar-refractivity contribution is -0.147. The molecule has 0 radical (unpaired) electrons. The minimum absolute atomic E-state index is 0.0799. The molecule has 1 rings (SSSR count). The minimum atomic E-state index is -0.118. The van der Waals surface area contributed by atoms with Crippen LogP contribution >= 0.6 is 0 Å². The van der Waals surface area contributed by atoms with E-state index in [1.807, 2.05) is 6.92 Å². The summed E-state index contributed by atoms with van der Waals surface area (Å²) in [6.07, 6.45) is 5.98. The molecule has 3 heteroatoms. The summed E-state index contributed by atoms with van der Waals surface area (Å²) in [5.41, 5.74) is 0. The van der Waals surface area contributed by atoms with Gasteiger partial charge in [-0.25, -0.2) is 0 Å². The largest absolute Gasteiger partial charge is 0.465 e. The summed E-state index contributed by atoms with van der Waals surface area (Å²) >= 11 is 0. The summed E-state index contributed by atoms with van der Waals surface area (Å²) in [7, 11) is 0. The molecular weight excluding hydrogens is 202 g/mol. The van der Waals surface area contributed by atoms with Crippen LogP contribution in [-0.2, 0) is 9.53 Å². The zero-order valence-corrected chi connectivity index (χ0v) is 10.8. The van der Waals surface area contributed by atoms with Crippen molar-refractivity contribution in [2.24, 2.45) is 5.92 Å². The molecule has 0 aromatic carbocycles. The normalized spacial score (nSPS) is 20.7. The van der Waals surface area contributed by atoms with Gasteiger partial charge in [0.05, 0.1) is 6.61 Å². The van der Waals surface area contributed by atoms with Crippen molar-refractivity contribution in [1.82, 2.24) is 5.32 Å². The van der Waals surface area contributed by atoms with E-state index in [0.717, 1.165) is 6.42 Å². The van der Waals surface area contributed by atoms with Crippen molar-refractivity contribution in [3.63, 3.8) is 0 Å². The number of carbonyl (C=O) groups is 1. The summed E-state index contributed by atoms with van der Waals surface area (Å²) in [5.74, 6) is 0.267. The highest BCUT2D eigenvalue weighted by Gasteiger charge is 2.28. The van der Waals surface area contributed by atoms with E-state index in [-0.39, 0.29) is 12.0 Å². The van der Waals surface area contributed by atoms with Crippen LogP contribution in [-0.4, -0.2) is 24.7 Å². The average Bonchev–Trinajstić information content (AvgIpc) is 2.78. The van der Waals surface area contributed by atoms with E-state index in [2.05, 4.69) is 19.2 Å². The second-order valence-electron chi connectivity index (χ2n) is 4.76. The fourth-order valence-electron chi connectivity index (χ4n) is 2.28. The van der Waals surface area contributed by atoms with Crippen LogP contribution in [0, 0.1) is 5.92 Å². The van der Waals surface area contributed by atoms with Crippen molar-refractivity contribution >= 4 is 5.97 Å². The number of hydrogen-bond acceptors (Lipinski definition) is 3. The molecule has 0 heterocycles. The third-order valence-electron chi connectivity index (χ3n) is 3.52. The molecule has 0 saturated heterocycles. The maximum atomic E-state index is 11.8. The van der Waals surface area contributed by atoms with Gasteiger partial charge in [-0.15, -0.1) is 0 Å². The molecule has 1 aliphatic carbocycles. The third kappa shape index (κ3) is 3.78. The predicted molar refractivity (Wildman–Crippen MR) is 65.3 cm³/mol. The van der Waals surface area contributed by atoms with Crippen LogP contribution in [0.3, 0.4) is 0 Å². The van der Waals surface area contributed by atoms with Crippen molar-refractivity contribution < 1.29 is 9.53 Å². The SMILES string of the molecule is CCOC(=O)C(NC1CCCC1)C(C)CC. The minimum Gasteiger partial charge on any atom is -0.465 e. The number of nitrogens with one attached hydrogen (secondary N) is 1. The van der Waals surface area contributed by atoms with Crippen molar-refractivity contribution in [1.29, 1.82) is 0 Å². The lowest BCUT2D eigenvalue weighted by Gasteiger charge is -2.25. The Morgan fingerprint density at radius 3 is 2.50 bits per heavy atom. The molecule has 2 unspecified atom stereocenters. The Morgan fingerprint density at radius 1 is 1.38 bits per heavy atom. The van der Waals surface area contributed by atoms with Gasteiger partial charge >= 0.3 is 5.97 Å². The van der Waals surface area contributed by atoms with Gasteiger partial charge in [0.25, 0.3) is 0 Å². The maximum absolute atomic E-state index is 11.8. The van der Waals surface area contributed by atoms with Gasteiger partial charge in [0.1, 0.15) is 6.04 Å². The first kappa shape index (κ1) is 13.5. The lowest BCUT2D eigenvalue weighted by atomic mass is 9.98. The number of carbonyl (C=O) groups excluding carboxylic acids is 1. The second kappa shape index (κ2) is 6.89. The van der Waals surface area contributed by atoms with Gasteiger partial charge in [0.2, 0.25) is 0 Å². The van der Waals surface area contributed by atoms with Gasteiger partial charge in [-0.1, -0.05) is 33.1 Å². The number of esters is 1. The lowest BCUT2D eigenvalue weighted by Crippen LogP contribution is -2.47. The zero-order valence-electron chi connectivity index (χ0n) is 10.8.